The van der Waals surface area contributed by atoms with E-state index in [9.17, 15) is 9.59 Å². The molecule has 1 atom stereocenters. The molecule has 0 aromatic rings. The highest BCUT2D eigenvalue weighted by Crippen LogP contribution is 2.09. The Morgan fingerprint density at radius 1 is 1.41 bits per heavy atom. The highest BCUT2D eigenvalue weighted by Gasteiger charge is 2.11. The van der Waals surface area contributed by atoms with Crippen LogP contribution < -0.4 is 10.6 Å². The van der Waals surface area contributed by atoms with Crippen molar-refractivity contribution >= 4 is 12.0 Å². The molecule has 0 fully saturated rings. The van der Waals surface area contributed by atoms with Gasteiger partial charge in [0.2, 0.25) is 0 Å². The van der Waals surface area contributed by atoms with Crippen LogP contribution in [0.1, 0.15) is 19.3 Å². The highest BCUT2D eigenvalue weighted by atomic mass is 16.5. The Bertz CT molecular complexity index is 291. The van der Waals surface area contributed by atoms with Crippen LogP contribution >= 0.6 is 0 Å². The predicted octanol–water partition coefficient (Wildman–Crippen LogP) is 0.496. The number of amides is 2. The van der Waals surface area contributed by atoms with Gasteiger partial charge in [-0.3, -0.25) is 0 Å². The summed E-state index contributed by atoms with van der Waals surface area (Å²) in [6.07, 6.45) is 6.98. The monoisotopic (exact) mass is 242 g/mol. The van der Waals surface area contributed by atoms with Gasteiger partial charge in [-0.1, -0.05) is 12.2 Å². The van der Waals surface area contributed by atoms with Gasteiger partial charge >= 0.3 is 12.0 Å². The first-order valence-electron chi connectivity index (χ1n) is 5.67. The molecule has 1 aliphatic rings. The Morgan fingerprint density at radius 2 is 2.24 bits per heavy atom. The summed E-state index contributed by atoms with van der Waals surface area (Å²) in [5.41, 5.74) is 0. The number of rotatable bonds is 6. The van der Waals surface area contributed by atoms with E-state index >= 15 is 0 Å². The second-order valence-electron chi connectivity index (χ2n) is 3.83. The molecule has 17 heavy (non-hydrogen) atoms. The molecule has 0 heterocycles. The van der Waals surface area contributed by atoms with Gasteiger partial charge in [0.25, 0.3) is 0 Å². The van der Waals surface area contributed by atoms with E-state index in [-0.39, 0.29) is 25.3 Å². The van der Waals surface area contributed by atoms with E-state index in [4.69, 9.17) is 9.84 Å². The van der Waals surface area contributed by atoms with Gasteiger partial charge in [0.05, 0.1) is 6.61 Å². The summed E-state index contributed by atoms with van der Waals surface area (Å²) in [7, 11) is 0. The molecule has 0 aromatic carbocycles. The van der Waals surface area contributed by atoms with Gasteiger partial charge in [-0.2, -0.15) is 0 Å². The number of carboxylic acids is 1. The van der Waals surface area contributed by atoms with Gasteiger partial charge < -0.3 is 20.5 Å². The minimum absolute atomic E-state index is 0.194. The van der Waals surface area contributed by atoms with Crippen LogP contribution in [0.25, 0.3) is 0 Å². The number of carbonyl (C=O) groups is 2. The van der Waals surface area contributed by atoms with E-state index < -0.39 is 5.97 Å². The fourth-order valence-electron chi connectivity index (χ4n) is 1.56. The van der Waals surface area contributed by atoms with E-state index in [1.165, 1.54) is 0 Å². The molecule has 0 radical (unpaired) electrons. The van der Waals surface area contributed by atoms with Gasteiger partial charge in [-0.15, -0.1) is 0 Å². The SMILES string of the molecule is O=C(O)COCCNC(=O)NC1CC=CCC1. The Kier molecular flexibility index (Phi) is 6.09. The molecule has 3 N–H and O–H groups in total. The van der Waals surface area contributed by atoms with Crippen LogP contribution in [0.5, 0.6) is 0 Å². The average molecular weight is 242 g/mol. The van der Waals surface area contributed by atoms with Crippen molar-refractivity contribution in [3.8, 4) is 0 Å². The smallest absolute Gasteiger partial charge is 0.329 e. The fourth-order valence-corrected chi connectivity index (χ4v) is 1.56. The minimum atomic E-state index is -1.01. The summed E-state index contributed by atoms with van der Waals surface area (Å²) < 4.78 is 4.78. The first kappa shape index (κ1) is 13.5. The predicted molar refractivity (Wildman–Crippen MR) is 61.8 cm³/mol. The van der Waals surface area contributed by atoms with Crippen LogP contribution in [0.15, 0.2) is 12.2 Å². The van der Waals surface area contributed by atoms with E-state index in [2.05, 4.69) is 22.8 Å². The topological polar surface area (TPSA) is 87.7 Å². The quantitative estimate of drug-likeness (QED) is 0.467. The molecule has 96 valence electrons. The van der Waals surface area contributed by atoms with Crippen molar-refractivity contribution in [1.29, 1.82) is 0 Å². The van der Waals surface area contributed by atoms with Crippen LogP contribution in [0.2, 0.25) is 0 Å². The molecule has 0 spiro atoms. The molecule has 0 aliphatic heterocycles. The summed E-state index contributed by atoms with van der Waals surface area (Å²) in [6.45, 7) is 0.169. The number of carboxylic acid groups (broad SMARTS) is 1. The molecule has 6 heteroatoms. The summed E-state index contributed by atoms with van der Waals surface area (Å²) in [5.74, 6) is -1.01. The number of urea groups is 1. The number of ether oxygens (including phenoxy) is 1. The lowest BCUT2D eigenvalue weighted by Gasteiger charge is -2.19. The standard InChI is InChI=1S/C11H18N2O4/c14-10(15)8-17-7-6-12-11(16)13-9-4-2-1-3-5-9/h1-2,9H,3-8H2,(H,14,15)(H2,12,13,16). The summed E-state index contributed by atoms with van der Waals surface area (Å²) in [5, 5.41) is 13.8. The molecule has 0 saturated heterocycles. The second kappa shape index (κ2) is 7.67. The number of nitrogens with one attached hydrogen (secondary N) is 2. The van der Waals surface area contributed by atoms with E-state index in [1.54, 1.807) is 0 Å². The molecule has 1 rings (SSSR count). The second-order valence-corrected chi connectivity index (χ2v) is 3.83. The number of hydrogen-bond donors (Lipinski definition) is 3. The molecule has 1 unspecified atom stereocenters. The van der Waals surface area contributed by atoms with Gasteiger partial charge in [0, 0.05) is 12.6 Å². The van der Waals surface area contributed by atoms with E-state index in [0.29, 0.717) is 6.54 Å². The van der Waals surface area contributed by atoms with Crippen LogP contribution in [-0.4, -0.2) is 42.9 Å². The molecule has 1 aliphatic carbocycles. The van der Waals surface area contributed by atoms with Crippen LogP contribution in [0, 0.1) is 0 Å². The lowest BCUT2D eigenvalue weighted by Crippen LogP contribution is -2.43. The third-order valence-electron chi connectivity index (χ3n) is 2.36. The third kappa shape index (κ3) is 6.57. The van der Waals surface area contributed by atoms with Crippen molar-refractivity contribution in [3.63, 3.8) is 0 Å². The molecule has 6 nitrogen and oxygen atoms in total. The normalized spacial score (nSPS) is 18.7. The maximum Gasteiger partial charge on any atom is 0.329 e. The van der Waals surface area contributed by atoms with Crippen LogP contribution in [-0.2, 0) is 9.53 Å². The molecular formula is C11H18N2O4. The van der Waals surface area contributed by atoms with Crippen LogP contribution in [0.4, 0.5) is 4.79 Å². The van der Waals surface area contributed by atoms with Crippen molar-refractivity contribution in [1.82, 2.24) is 10.6 Å². The van der Waals surface area contributed by atoms with Crippen molar-refractivity contribution < 1.29 is 19.4 Å². The first-order valence-corrected chi connectivity index (χ1v) is 5.67. The molecule has 0 saturated carbocycles. The Morgan fingerprint density at radius 3 is 2.88 bits per heavy atom. The minimum Gasteiger partial charge on any atom is -0.480 e. The Balaban J connectivity index is 2.01. The van der Waals surface area contributed by atoms with Gasteiger partial charge in [0.15, 0.2) is 0 Å². The zero-order chi connectivity index (χ0) is 12.5. The van der Waals surface area contributed by atoms with Crippen molar-refractivity contribution in [3.05, 3.63) is 12.2 Å². The van der Waals surface area contributed by atoms with Crippen molar-refractivity contribution in [2.75, 3.05) is 19.8 Å². The fraction of sp³-hybridized carbons (Fsp3) is 0.636. The molecular weight excluding hydrogens is 224 g/mol. The zero-order valence-corrected chi connectivity index (χ0v) is 9.65. The summed E-state index contributed by atoms with van der Waals surface area (Å²) in [4.78, 5) is 21.5. The van der Waals surface area contributed by atoms with Crippen molar-refractivity contribution in [2.24, 2.45) is 0 Å². The van der Waals surface area contributed by atoms with Gasteiger partial charge in [0.1, 0.15) is 6.61 Å². The van der Waals surface area contributed by atoms with Crippen LogP contribution in [0.3, 0.4) is 0 Å². The number of aliphatic carboxylic acids is 1. The Labute approximate surface area is 100 Å². The molecule has 2 amide bonds. The van der Waals surface area contributed by atoms with Gasteiger partial charge in [-0.05, 0) is 19.3 Å². The average Bonchev–Trinajstić information content (AvgIpc) is 2.29. The summed E-state index contributed by atoms with van der Waals surface area (Å²) in [6, 6.07) is -0.0378. The van der Waals surface area contributed by atoms with Gasteiger partial charge in [-0.25, -0.2) is 9.59 Å². The van der Waals surface area contributed by atoms with Crippen molar-refractivity contribution in [2.45, 2.75) is 25.3 Å². The number of carbonyl (C=O) groups excluding carboxylic acids is 1. The Hall–Kier alpha value is -1.56. The maximum atomic E-state index is 11.4. The third-order valence-corrected chi connectivity index (χ3v) is 2.36. The lowest BCUT2D eigenvalue weighted by molar-refractivity contribution is -0.142. The highest BCUT2D eigenvalue weighted by molar-refractivity contribution is 5.74. The van der Waals surface area contributed by atoms with E-state index in [0.717, 1.165) is 19.3 Å². The lowest BCUT2D eigenvalue weighted by atomic mass is 10.0. The molecule has 0 bridgehead atoms. The number of allylic oxidation sites excluding steroid dienone is 1. The molecule has 0 aromatic heterocycles. The largest absolute Gasteiger partial charge is 0.480 e. The summed E-state index contributed by atoms with van der Waals surface area (Å²) >= 11 is 0. The zero-order valence-electron chi connectivity index (χ0n) is 9.65. The first-order chi connectivity index (χ1) is 8.18. The van der Waals surface area contributed by atoms with E-state index in [1.807, 2.05) is 0 Å². The number of hydrogen-bond acceptors (Lipinski definition) is 3. The maximum absolute atomic E-state index is 11.4.